The lowest BCUT2D eigenvalue weighted by atomic mass is 10.3. The third-order valence-corrected chi connectivity index (χ3v) is 1.15. The maximum Gasteiger partial charge on any atom is 0.328 e. The van der Waals surface area contributed by atoms with Crippen LogP contribution >= 0.6 is 0 Å². The van der Waals surface area contributed by atoms with Crippen molar-refractivity contribution in [3.8, 4) is 0 Å². The first kappa shape index (κ1) is 8.19. The van der Waals surface area contributed by atoms with Gasteiger partial charge in [0, 0.05) is 12.3 Å². The minimum Gasteiger partial charge on any atom is -0.478 e. The van der Waals surface area contributed by atoms with Crippen LogP contribution in [0.15, 0.2) is 23.4 Å². The van der Waals surface area contributed by atoms with Crippen molar-refractivity contribution in [2.24, 2.45) is 0 Å². The number of H-pyrrole nitrogens is 1. The van der Waals surface area contributed by atoms with E-state index in [1.807, 2.05) is 0 Å². The van der Waals surface area contributed by atoms with E-state index in [4.69, 9.17) is 5.11 Å². The highest BCUT2D eigenvalue weighted by molar-refractivity contribution is 5.85. The van der Waals surface area contributed by atoms with Crippen molar-refractivity contribution in [2.75, 3.05) is 0 Å². The number of carbonyl (C=O) groups is 1. The van der Waals surface area contributed by atoms with Crippen LogP contribution in [0.5, 0.6) is 0 Å². The number of aromatic nitrogens is 2. The number of nitrogens with zero attached hydrogens (tertiary/aromatic N) is 1. The fourth-order valence-electron chi connectivity index (χ4n) is 0.635. The van der Waals surface area contributed by atoms with Crippen molar-refractivity contribution in [3.63, 3.8) is 0 Å². The van der Waals surface area contributed by atoms with E-state index in [0.717, 1.165) is 6.08 Å². The highest BCUT2D eigenvalue weighted by Crippen LogP contribution is 1.89. The van der Waals surface area contributed by atoms with Crippen LogP contribution < -0.4 is 5.56 Å². The molecule has 5 nitrogen and oxygen atoms in total. The van der Waals surface area contributed by atoms with Crippen molar-refractivity contribution in [3.05, 3.63) is 34.5 Å². The number of aliphatic carboxylic acids is 1. The molecule has 0 unspecified atom stereocenters. The standard InChI is InChI=1S/C7H6N2O3/c10-6(11)2-1-5-3-8-4-9-7(5)12/h1-4H,(H,10,11)(H,8,9,12). The molecule has 1 rings (SSSR count). The van der Waals surface area contributed by atoms with Crippen LogP contribution in [0, 0.1) is 0 Å². The molecule has 0 amide bonds. The first-order valence-electron chi connectivity index (χ1n) is 3.14. The fourth-order valence-corrected chi connectivity index (χ4v) is 0.635. The Bertz CT molecular complexity index is 367. The molecule has 0 fully saturated rings. The van der Waals surface area contributed by atoms with E-state index >= 15 is 0 Å². The summed E-state index contributed by atoms with van der Waals surface area (Å²) in [5, 5.41) is 8.25. The van der Waals surface area contributed by atoms with Crippen LogP contribution in [-0.4, -0.2) is 21.0 Å². The topological polar surface area (TPSA) is 83.0 Å². The summed E-state index contributed by atoms with van der Waals surface area (Å²) in [4.78, 5) is 26.9. The summed E-state index contributed by atoms with van der Waals surface area (Å²) < 4.78 is 0. The lowest BCUT2D eigenvalue weighted by Crippen LogP contribution is -2.08. The minimum absolute atomic E-state index is 0.222. The van der Waals surface area contributed by atoms with Crippen molar-refractivity contribution >= 4 is 12.0 Å². The molecule has 1 aromatic heterocycles. The van der Waals surface area contributed by atoms with Gasteiger partial charge in [0.2, 0.25) is 0 Å². The van der Waals surface area contributed by atoms with Gasteiger partial charge in [0.25, 0.3) is 5.56 Å². The summed E-state index contributed by atoms with van der Waals surface area (Å²) in [6, 6.07) is 0. The monoisotopic (exact) mass is 166 g/mol. The number of aromatic amines is 1. The van der Waals surface area contributed by atoms with Gasteiger partial charge in [-0.05, 0) is 6.08 Å². The number of carboxylic acid groups (broad SMARTS) is 1. The molecular weight excluding hydrogens is 160 g/mol. The maximum absolute atomic E-state index is 10.9. The van der Waals surface area contributed by atoms with Gasteiger partial charge < -0.3 is 10.1 Å². The summed E-state index contributed by atoms with van der Waals surface area (Å²) >= 11 is 0. The predicted molar refractivity (Wildman–Crippen MR) is 41.5 cm³/mol. The molecule has 0 radical (unpaired) electrons. The Morgan fingerprint density at radius 2 is 2.42 bits per heavy atom. The number of hydrogen-bond donors (Lipinski definition) is 2. The zero-order valence-corrected chi connectivity index (χ0v) is 6.02. The van der Waals surface area contributed by atoms with Crippen molar-refractivity contribution in [2.45, 2.75) is 0 Å². The van der Waals surface area contributed by atoms with E-state index in [-0.39, 0.29) is 11.1 Å². The Labute approximate surface area is 67.4 Å². The largest absolute Gasteiger partial charge is 0.478 e. The smallest absolute Gasteiger partial charge is 0.328 e. The van der Waals surface area contributed by atoms with Crippen LogP contribution in [0.3, 0.4) is 0 Å². The normalized spacial score (nSPS) is 10.3. The van der Waals surface area contributed by atoms with E-state index in [1.165, 1.54) is 18.6 Å². The molecule has 0 atom stereocenters. The number of rotatable bonds is 2. The fraction of sp³-hybridized carbons (Fsp3) is 0. The number of hydrogen-bond acceptors (Lipinski definition) is 3. The predicted octanol–water partition coefficient (Wildman–Crippen LogP) is -0.132. The van der Waals surface area contributed by atoms with Crippen LogP contribution in [0.25, 0.3) is 6.08 Å². The lowest BCUT2D eigenvalue weighted by Gasteiger charge is -1.87. The second kappa shape index (κ2) is 3.47. The summed E-state index contributed by atoms with van der Waals surface area (Å²) in [7, 11) is 0. The van der Waals surface area contributed by atoms with Gasteiger partial charge in [0.05, 0.1) is 11.9 Å². The van der Waals surface area contributed by atoms with Crippen molar-refractivity contribution in [1.82, 2.24) is 9.97 Å². The van der Waals surface area contributed by atoms with E-state index in [2.05, 4.69) is 9.97 Å². The Hall–Kier alpha value is -1.91. The van der Waals surface area contributed by atoms with Gasteiger partial charge in [-0.1, -0.05) is 0 Å². The SMILES string of the molecule is O=C(O)C=Cc1cnc[nH]c1=O. The molecule has 0 aromatic carbocycles. The highest BCUT2D eigenvalue weighted by Gasteiger charge is 1.93. The van der Waals surface area contributed by atoms with E-state index in [1.54, 1.807) is 0 Å². The van der Waals surface area contributed by atoms with Gasteiger partial charge in [-0.25, -0.2) is 9.78 Å². The lowest BCUT2D eigenvalue weighted by molar-refractivity contribution is -0.131. The Balaban J connectivity index is 2.97. The van der Waals surface area contributed by atoms with Gasteiger partial charge in [0.15, 0.2) is 0 Å². The highest BCUT2D eigenvalue weighted by atomic mass is 16.4. The maximum atomic E-state index is 10.9. The van der Waals surface area contributed by atoms with Crippen molar-refractivity contribution in [1.29, 1.82) is 0 Å². The molecular formula is C7H6N2O3. The van der Waals surface area contributed by atoms with Crippen LogP contribution in [0.1, 0.15) is 5.56 Å². The van der Waals surface area contributed by atoms with E-state index in [0.29, 0.717) is 0 Å². The third-order valence-electron chi connectivity index (χ3n) is 1.15. The summed E-state index contributed by atoms with van der Waals surface area (Å²) in [6.07, 6.45) is 4.60. The summed E-state index contributed by atoms with van der Waals surface area (Å²) in [5.74, 6) is -1.10. The van der Waals surface area contributed by atoms with Gasteiger partial charge in [0.1, 0.15) is 0 Å². The molecule has 0 bridgehead atoms. The van der Waals surface area contributed by atoms with Crippen LogP contribution in [0.4, 0.5) is 0 Å². The molecule has 0 spiro atoms. The average molecular weight is 166 g/mol. The van der Waals surface area contributed by atoms with E-state index < -0.39 is 5.97 Å². The van der Waals surface area contributed by atoms with Crippen LogP contribution in [-0.2, 0) is 4.79 Å². The number of nitrogens with one attached hydrogen (secondary N) is 1. The first-order chi connectivity index (χ1) is 5.70. The Morgan fingerprint density at radius 1 is 1.67 bits per heavy atom. The molecule has 0 saturated heterocycles. The second-order valence-corrected chi connectivity index (χ2v) is 2.01. The van der Waals surface area contributed by atoms with Crippen molar-refractivity contribution < 1.29 is 9.90 Å². The quantitative estimate of drug-likeness (QED) is 0.599. The molecule has 12 heavy (non-hydrogen) atoms. The molecule has 1 heterocycles. The Kier molecular flexibility index (Phi) is 2.37. The molecule has 2 N–H and O–H groups in total. The molecule has 0 saturated carbocycles. The molecule has 0 aliphatic heterocycles. The second-order valence-electron chi connectivity index (χ2n) is 2.01. The Morgan fingerprint density at radius 3 is 3.00 bits per heavy atom. The molecule has 1 aromatic rings. The first-order valence-corrected chi connectivity index (χ1v) is 3.14. The zero-order chi connectivity index (χ0) is 8.97. The molecule has 0 aliphatic rings. The molecule has 62 valence electrons. The third kappa shape index (κ3) is 2.05. The van der Waals surface area contributed by atoms with Gasteiger partial charge in [-0.3, -0.25) is 4.79 Å². The summed E-state index contributed by atoms with van der Waals surface area (Å²) in [6.45, 7) is 0. The minimum atomic E-state index is -1.10. The average Bonchev–Trinajstić information content (AvgIpc) is 2.03. The van der Waals surface area contributed by atoms with Crippen LogP contribution in [0.2, 0.25) is 0 Å². The molecule has 5 heteroatoms. The summed E-state index contributed by atoms with van der Waals surface area (Å²) in [5.41, 5.74) is -0.137. The van der Waals surface area contributed by atoms with E-state index in [9.17, 15) is 9.59 Å². The van der Waals surface area contributed by atoms with Gasteiger partial charge >= 0.3 is 5.97 Å². The van der Waals surface area contributed by atoms with Gasteiger partial charge in [-0.15, -0.1) is 0 Å². The zero-order valence-electron chi connectivity index (χ0n) is 6.02. The number of carboxylic acids is 1. The molecule has 0 aliphatic carbocycles. The van der Waals surface area contributed by atoms with Gasteiger partial charge in [-0.2, -0.15) is 0 Å².